The summed E-state index contributed by atoms with van der Waals surface area (Å²) in [7, 11) is 3.02. The smallest absolute Gasteiger partial charge is 0.341 e. The maximum absolute atomic E-state index is 11.7. The van der Waals surface area contributed by atoms with E-state index < -0.39 is 5.97 Å². The molecule has 2 rings (SSSR count). The van der Waals surface area contributed by atoms with Gasteiger partial charge in [-0.1, -0.05) is 6.07 Å². The SMILES string of the molecule is CCNC(=NCc1cc(C(=O)OC)c(C)o1)Nc1cccc(OCCCOC)c1.I. The molecule has 0 saturated heterocycles. The number of carbonyl (C=O) groups excluding carboxylic acids is 1. The van der Waals surface area contributed by atoms with Crippen molar-refractivity contribution in [2.24, 2.45) is 4.99 Å². The van der Waals surface area contributed by atoms with E-state index in [1.807, 2.05) is 31.2 Å². The molecule has 0 aliphatic heterocycles. The van der Waals surface area contributed by atoms with E-state index in [1.54, 1.807) is 20.1 Å². The van der Waals surface area contributed by atoms with E-state index in [1.165, 1.54) is 7.11 Å². The zero-order chi connectivity index (χ0) is 21.1. The molecular weight excluding hydrogens is 501 g/mol. The lowest BCUT2D eigenvalue weighted by Gasteiger charge is -2.12. The lowest BCUT2D eigenvalue weighted by molar-refractivity contribution is 0.0599. The average molecular weight is 531 g/mol. The van der Waals surface area contributed by atoms with Gasteiger partial charge >= 0.3 is 5.97 Å². The molecule has 1 heterocycles. The van der Waals surface area contributed by atoms with Crippen molar-refractivity contribution in [3.63, 3.8) is 0 Å². The predicted molar refractivity (Wildman–Crippen MR) is 127 cm³/mol. The molecule has 2 N–H and O–H groups in total. The molecule has 0 bridgehead atoms. The first-order valence-corrected chi connectivity index (χ1v) is 9.52. The number of esters is 1. The lowest BCUT2D eigenvalue weighted by Crippen LogP contribution is -2.30. The van der Waals surface area contributed by atoms with Crippen LogP contribution in [0.3, 0.4) is 0 Å². The molecule has 0 aliphatic carbocycles. The standard InChI is InChI=1S/C21H29N3O5.HI/c1-5-22-21(23-14-18-13-19(15(2)29-18)20(25)27-4)24-16-8-6-9-17(12-16)28-11-7-10-26-3;/h6,8-9,12-13H,5,7,10-11,14H2,1-4H3,(H2,22,23,24);1H. The van der Waals surface area contributed by atoms with E-state index in [0.717, 1.165) is 17.9 Å². The summed E-state index contributed by atoms with van der Waals surface area (Å²) in [6.07, 6.45) is 0.828. The summed E-state index contributed by atoms with van der Waals surface area (Å²) in [5.74, 6) is 2.03. The maximum Gasteiger partial charge on any atom is 0.341 e. The molecule has 0 aliphatic rings. The van der Waals surface area contributed by atoms with Crippen molar-refractivity contribution in [3.8, 4) is 5.75 Å². The third-order valence-corrected chi connectivity index (χ3v) is 3.97. The number of halogens is 1. The molecule has 0 unspecified atom stereocenters. The Morgan fingerprint density at radius 1 is 1.20 bits per heavy atom. The van der Waals surface area contributed by atoms with E-state index in [-0.39, 0.29) is 30.5 Å². The summed E-state index contributed by atoms with van der Waals surface area (Å²) in [5.41, 5.74) is 1.26. The summed E-state index contributed by atoms with van der Waals surface area (Å²) >= 11 is 0. The van der Waals surface area contributed by atoms with Gasteiger partial charge in [-0.05, 0) is 32.0 Å². The van der Waals surface area contributed by atoms with Crippen LogP contribution in [0.1, 0.15) is 35.2 Å². The van der Waals surface area contributed by atoms with Crippen LogP contribution in [0.4, 0.5) is 5.69 Å². The molecule has 1 aromatic heterocycles. The number of hydrogen-bond donors (Lipinski definition) is 2. The summed E-state index contributed by atoms with van der Waals surface area (Å²) in [6.45, 7) is 5.94. The number of benzene rings is 1. The molecular formula is C21H30IN3O5. The Bertz CT molecular complexity index is 823. The Hall–Kier alpha value is -2.27. The minimum absolute atomic E-state index is 0. The highest BCUT2D eigenvalue weighted by atomic mass is 127. The van der Waals surface area contributed by atoms with E-state index in [0.29, 0.717) is 42.8 Å². The van der Waals surface area contributed by atoms with E-state index in [9.17, 15) is 4.79 Å². The highest BCUT2D eigenvalue weighted by Gasteiger charge is 2.15. The van der Waals surface area contributed by atoms with Crippen molar-refractivity contribution in [3.05, 3.63) is 47.4 Å². The van der Waals surface area contributed by atoms with Crippen molar-refractivity contribution in [2.75, 3.05) is 39.3 Å². The van der Waals surface area contributed by atoms with Crippen LogP contribution >= 0.6 is 24.0 Å². The third-order valence-electron chi connectivity index (χ3n) is 3.97. The molecule has 9 heteroatoms. The zero-order valence-corrected chi connectivity index (χ0v) is 20.1. The number of methoxy groups -OCH3 is 2. The number of furan rings is 1. The van der Waals surface area contributed by atoms with Gasteiger partial charge in [0.25, 0.3) is 0 Å². The second kappa shape index (κ2) is 13.9. The molecule has 8 nitrogen and oxygen atoms in total. The van der Waals surface area contributed by atoms with Crippen LogP contribution in [0.15, 0.2) is 39.7 Å². The van der Waals surface area contributed by atoms with Crippen molar-refractivity contribution in [1.82, 2.24) is 5.32 Å². The van der Waals surface area contributed by atoms with Gasteiger partial charge in [-0.3, -0.25) is 0 Å². The van der Waals surface area contributed by atoms with Gasteiger partial charge in [-0.25, -0.2) is 9.79 Å². The molecule has 0 spiro atoms. The van der Waals surface area contributed by atoms with Crippen molar-refractivity contribution >= 4 is 41.6 Å². The minimum Gasteiger partial charge on any atom is -0.493 e. The second-order valence-electron chi connectivity index (χ2n) is 6.22. The van der Waals surface area contributed by atoms with Crippen LogP contribution in [0.5, 0.6) is 5.75 Å². The number of ether oxygens (including phenoxy) is 3. The maximum atomic E-state index is 11.7. The van der Waals surface area contributed by atoms with E-state index in [4.69, 9.17) is 18.6 Å². The second-order valence-corrected chi connectivity index (χ2v) is 6.22. The van der Waals surface area contributed by atoms with Crippen molar-refractivity contribution in [2.45, 2.75) is 26.8 Å². The third kappa shape index (κ3) is 8.23. The largest absolute Gasteiger partial charge is 0.493 e. The highest BCUT2D eigenvalue weighted by molar-refractivity contribution is 14.0. The topological polar surface area (TPSA) is 94.3 Å². The van der Waals surface area contributed by atoms with Crippen LogP contribution < -0.4 is 15.4 Å². The molecule has 0 fully saturated rings. The van der Waals surface area contributed by atoms with Crippen molar-refractivity contribution in [1.29, 1.82) is 0 Å². The highest BCUT2D eigenvalue weighted by Crippen LogP contribution is 2.18. The predicted octanol–water partition coefficient (Wildman–Crippen LogP) is 3.99. The van der Waals surface area contributed by atoms with Gasteiger partial charge in [-0.15, -0.1) is 24.0 Å². The van der Waals surface area contributed by atoms with Crippen LogP contribution in [0.25, 0.3) is 0 Å². The molecule has 0 radical (unpaired) electrons. The number of rotatable bonds is 10. The summed E-state index contributed by atoms with van der Waals surface area (Å²) in [5, 5.41) is 6.43. The number of anilines is 1. The number of aryl methyl sites for hydroxylation is 1. The van der Waals surface area contributed by atoms with Gasteiger partial charge in [0.15, 0.2) is 5.96 Å². The van der Waals surface area contributed by atoms with E-state index >= 15 is 0 Å². The number of nitrogens with one attached hydrogen (secondary N) is 2. The zero-order valence-electron chi connectivity index (χ0n) is 17.8. The fourth-order valence-electron chi connectivity index (χ4n) is 2.59. The van der Waals surface area contributed by atoms with Crippen molar-refractivity contribution < 1.29 is 23.4 Å². The van der Waals surface area contributed by atoms with Gasteiger partial charge in [0.05, 0.1) is 13.7 Å². The number of nitrogens with zero attached hydrogens (tertiary/aromatic N) is 1. The Labute approximate surface area is 194 Å². The Kier molecular flexibility index (Phi) is 11.9. The summed E-state index contributed by atoms with van der Waals surface area (Å²) < 4.78 is 21.1. The van der Waals surface area contributed by atoms with Gasteiger partial charge in [0.1, 0.15) is 29.4 Å². The number of hydrogen-bond acceptors (Lipinski definition) is 6. The van der Waals surface area contributed by atoms with Gasteiger partial charge < -0.3 is 29.3 Å². The van der Waals surface area contributed by atoms with Crippen LogP contribution in [0.2, 0.25) is 0 Å². The first kappa shape index (κ1) is 25.8. The lowest BCUT2D eigenvalue weighted by atomic mass is 10.2. The van der Waals surface area contributed by atoms with Crippen LogP contribution in [-0.2, 0) is 16.0 Å². The number of aliphatic imine (C=N–C) groups is 1. The van der Waals surface area contributed by atoms with Gasteiger partial charge in [0, 0.05) is 38.4 Å². The average Bonchev–Trinajstić information content (AvgIpc) is 3.10. The van der Waals surface area contributed by atoms with Crippen LogP contribution in [-0.4, -0.2) is 45.9 Å². The van der Waals surface area contributed by atoms with Gasteiger partial charge in [0.2, 0.25) is 0 Å². The first-order valence-electron chi connectivity index (χ1n) is 9.52. The molecule has 0 saturated carbocycles. The normalized spacial score (nSPS) is 10.9. The Morgan fingerprint density at radius 3 is 2.70 bits per heavy atom. The monoisotopic (exact) mass is 531 g/mol. The molecule has 1 aromatic carbocycles. The fraction of sp³-hybridized carbons (Fsp3) is 0.429. The Balaban J connectivity index is 0.00000450. The number of carbonyl (C=O) groups is 1. The molecule has 166 valence electrons. The minimum atomic E-state index is -0.422. The quantitative estimate of drug-likeness (QED) is 0.158. The summed E-state index contributed by atoms with van der Waals surface area (Å²) in [4.78, 5) is 16.2. The molecule has 0 amide bonds. The molecule has 0 atom stereocenters. The van der Waals surface area contributed by atoms with Crippen LogP contribution in [0, 0.1) is 6.92 Å². The number of guanidine groups is 1. The molecule has 2 aromatic rings. The Morgan fingerprint density at radius 2 is 2.00 bits per heavy atom. The first-order chi connectivity index (χ1) is 14.1. The molecule has 30 heavy (non-hydrogen) atoms. The van der Waals surface area contributed by atoms with Gasteiger partial charge in [-0.2, -0.15) is 0 Å². The summed E-state index contributed by atoms with van der Waals surface area (Å²) in [6, 6.07) is 9.31. The van der Waals surface area contributed by atoms with E-state index in [2.05, 4.69) is 15.6 Å². The fourth-order valence-corrected chi connectivity index (χ4v) is 2.59.